The highest BCUT2D eigenvalue weighted by Gasteiger charge is 2.19. The van der Waals surface area contributed by atoms with Crippen LogP contribution < -0.4 is 0 Å². The Hall–Kier alpha value is -1.71. The van der Waals surface area contributed by atoms with Crippen LogP contribution in [0, 0.1) is 5.92 Å². The normalized spacial score (nSPS) is 11.2. The summed E-state index contributed by atoms with van der Waals surface area (Å²) in [6, 6.07) is 0. The highest BCUT2D eigenvalue weighted by atomic mass is 16.1. The molecule has 0 spiro atoms. The maximum absolute atomic E-state index is 12.2. The Balaban J connectivity index is 2.43. The van der Waals surface area contributed by atoms with Crippen molar-refractivity contribution >= 4 is 11.3 Å². The predicted octanol–water partition coefficient (Wildman–Crippen LogP) is 2.35. The van der Waals surface area contributed by atoms with E-state index in [9.17, 15) is 4.79 Å². The molecule has 4 heteroatoms. The zero-order valence-corrected chi connectivity index (χ0v) is 9.55. The van der Waals surface area contributed by atoms with E-state index in [1.165, 1.54) is 0 Å². The second kappa shape index (κ2) is 4.43. The van der Waals surface area contributed by atoms with Crippen molar-refractivity contribution in [2.75, 3.05) is 0 Å². The SMILES string of the molecule is CCC(CC)C(=O)c1cnn2ccncc12. The smallest absolute Gasteiger partial charge is 0.169 e. The standard InChI is InChI=1S/C12H15N3O/c1-3-9(4-2)12(16)10-7-14-15-6-5-13-8-11(10)15/h5-9H,3-4H2,1-2H3. The van der Waals surface area contributed by atoms with Crippen LogP contribution in [0.5, 0.6) is 0 Å². The summed E-state index contributed by atoms with van der Waals surface area (Å²) in [4.78, 5) is 16.2. The fourth-order valence-corrected chi connectivity index (χ4v) is 1.90. The predicted molar refractivity (Wildman–Crippen MR) is 61.4 cm³/mol. The average Bonchev–Trinajstić information content (AvgIpc) is 2.74. The van der Waals surface area contributed by atoms with Gasteiger partial charge in [0.1, 0.15) is 0 Å². The first-order valence-electron chi connectivity index (χ1n) is 5.59. The number of carbonyl (C=O) groups excluding carboxylic acids is 1. The van der Waals surface area contributed by atoms with E-state index in [0.29, 0.717) is 5.56 Å². The minimum Gasteiger partial charge on any atom is -0.294 e. The lowest BCUT2D eigenvalue weighted by atomic mass is 9.94. The molecule has 2 rings (SSSR count). The molecule has 16 heavy (non-hydrogen) atoms. The first-order chi connectivity index (χ1) is 7.77. The molecule has 4 nitrogen and oxygen atoms in total. The lowest BCUT2D eigenvalue weighted by Crippen LogP contribution is -2.12. The largest absolute Gasteiger partial charge is 0.294 e. The van der Waals surface area contributed by atoms with Gasteiger partial charge in [0.15, 0.2) is 5.78 Å². The van der Waals surface area contributed by atoms with E-state index in [0.717, 1.165) is 18.4 Å². The molecule has 0 N–H and O–H groups in total. The Morgan fingerprint density at radius 1 is 1.38 bits per heavy atom. The summed E-state index contributed by atoms with van der Waals surface area (Å²) in [5, 5.41) is 4.15. The third-order valence-corrected chi connectivity index (χ3v) is 2.95. The van der Waals surface area contributed by atoms with Crippen molar-refractivity contribution in [3.63, 3.8) is 0 Å². The molecule has 0 atom stereocenters. The zero-order valence-electron chi connectivity index (χ0n) is 9.55. The number of fused-ring (bicyclic) bond motifs is 1. The Morgan fingerprint density at radius 3 is 2.81 bits per heavy atom. The maximum atomic E-state index is 12.2. The van der Waals surface area contributed by atoms with Crippen molar-refractivity contribution in [2.45, 2.75) is 26.7 Å². The minimum atomic E-state index is 0.0909. The molecule has 0 amide bonds. The monoisotopic (exact) mass is 217 g/mol. The molecule has 84 valence electrons. The number of aromatic nitrogens is 3. The van der Waals surface area contributed by atoms with Gasteiger partial charge in [0.2, 0.25) is 0 Å². The quantitative estimate of drug-likeness (QED) is 0.738. The maximum Gasteiger partial charge on any atom is 0.169 e. The molecule has 2 aromatic rings. The van der Waals surface area contributed by atoms with Gasteiger partial charge in [0.25, 0.3) is 0 Å². The Kier molecular flexibility index (Phi) is 2.99. The van der Waals surface area contributed by atoms with E-state index in [-0.39, 0.29) is 11.7 Å². The molecule has 0 radical (unpaired) electrons. The molecule has 0 aliphatic carbocycles. The molecule has 0 saturated heterocycles. The molecule has 0 aromatic carbocycles. The highest BCUT2D eigenvalue weighted by Crippen LogP contribution is 2.18. The van der Waals surface area contributed by atoms with Crippen molar-refractivity contribution < 1.29 is 4.79 Å². The summed E-state index contributed by atoms with van der Waals surface area (Å²) < 4.78 is 1.68. The Morgan fingerprint density at radius 2 is 2.12 bits per heavy atom. The van der Waals surface area contributed by atoms with Crippen LogP contribution in [-0.2, 0) is 0 Å². The van der Waals surface area contributed by atoms with E-state index in [1.54, 1.807) is 29.3 Å². The third-order valence-electron chi connectivity index (χ3n) is 2.95. The fraction of sp³-hybridized carbons (Fsp3) is 0.417. The third kappa shape index (κ3) is 1.71. The number of hydrogen-bond acceptors (Lipinski definition) is 3. The van der Waals surface area contributed by atoms with Crippen LogP contribution in [0.1, 0.15) is 37.0 Å². The highest BCUT2D eigenvalue weighted by molar-refractivity contribution is 6.03. The first-order valence-corrected chi connectivity index (χ1v) is 5.59. The van der Waals surface area contributed by atoms with Gasteiger partial charge in [-0.1, -0.05) is 13.8 Å². The molecular formula is C12H15N3O. The van der Waals surface area contributed by atoms with Gasteiger partial charge in [0.05, 0.1) is 23.5 Å². The molecule has 0 fully saturated rings. The molecular weight excluding hydrogens is 202 g/mol. The van der Waals surface area contributed by atoms with E-state index in [4.69, 9.17) is 0 Å². The van der Waals surface area contributed by atoms with E-state index in [2.05, 4.69) is 10.1 Å². The van der Waals surface area contributed by atoms with Crippen molar-refractivity contribution in [3.8, 4) is 0 Å². The summed E-state index contributed by atoms with van der Waals surface area (Å²) in [6.07, 6.45) is 8.46. The molecule has 2 heterocycles. The van der Waals surface area contributed by atoms with Crippen LogP contribution in [0.15, 0.2) is 24.8 Å². The second-order valence-electron chi connectivity index (χ2n) is 3.84. The number of hydrogen-bond donors (Lipinski definition) is 0. The van der Waals surface area contributed by atoms with Gasteiger partial charge in [-0.15, -0.1) is 0 Å². The number of Topliss-reactive ketones (excluding diaryl/α,β-unsaturated/α-hetero) is 1. The van der Waals surface area contributed by atoms with Crippen molar-refractivity contribution in [2.24, 2.45) is 5.92 Å². The van der Waals surface area contributed by atoms with Crippen molar-refractivity contribution in [1.29, 1.82) is 0 Å². The zero-order chi connectivity index (χ0) is 11.5. The van der Waals surface area contributed by atoms with Crippen LogP contribution in [0.4, 0.5) is 0 Å². The van der Waals surface area contributed by atoms with Crippen LogP contribution >= 0.6 is 0 Å². The van der Waals surface area contributed by atoms with Crippen molar-refractivity contribution in [3.05, 3.63) is 30.4 Å². The number of carbonyl (C=O) groups is 1. The summed E-state index contributed by atoms with van der Waals surface area (Å²) in [5.41, 5.74) is 1.47. The van der Waals surface area contributed by atoms with Gasteiger partial charge < -0.3 is 0 Å². The first kappa shape index (κ1) is 10.8. The molecule has 0 aliphatic rings. The summed E-state index contributed by atoms with van der Waals surface area (Å²) in [6.45, 7) is 4.08. The van der Waals surface area contributed by atoms with Crippen LogP contribution in [0.3, 0.4) is 0 Å². The fourth-order valence-electron chi connectivity index (χ4n) is 1.90. The van der Waals surface area contributed by atoms with Gasteiger partial charge in [-0.25, -0.2) is 4.52 Å². The van der Waals surface area contributed by atoms with Gasteiger partial charge in [-0.05, 0) is 12.8 Å². The molecule has 0 unspecified atom stereocenters. The molecule has 0 bridgehead atoms. The second-order valence-corrected chi connectivity index (χ2v) is 3.84. The van der Waals surface area contributed by atoms with Gasteiger partial charge in [-0.3, -0.25) is 9.78 Å². The van der Waals surface area contributed by atoms with Gasteiger partial charge in [0, 0.05) is 18.3 Å². The van der Waals surface area contributed by atoms with Crippen LogP contribution in [-0.4, -0.2) is 20.4 Å². The molecule has 2 aromatic heterocycles. The Labute approximate surface area is 94.3 Å². The number of rotatable bonds is 4. The van der Waals surface area contributed by atoms with Gasteiger partial charge in [-0.2, -0.15) is 5.10 Å². The van der Waals surface area contributed by atoms with Gasteiger partial charge >= 0.3 is 0 Å². The van der Waals surface area contributed by atoms with E-state index >= 15 is 0 Å². The Bertz CT molecular complexity index is 500. The summed E-state index contributed by atoms with van der Waals surface area (Å²) in [7, 11) is 0. The number of ketones is 1. The van der Waals surface area contributed by atoms with Crippen LogP contribution in [0.25, 0.3) is 5.52 Å². The average molecular weight is 217 g/mol. The van der Waals surface area contributed by atoms with E-state index < -0.39 is 0 Å². The van der Waals surface area contributed by atoms with Crippen molar-refractivity contribution in [1.82, 2.24) is 14.6 Å². The lowest BCUT2D eigenvalue weighted by molar-refractivity contribution is 0.0915. The number of nitrogens with zero attached hydrogens (tertiary/aromatic N) is 3. The lowest BCUT2D eigenvalue weighted by Gasteiger charge is -2.09. The van der Waals surface area contributed by atoms with E-state index in [1.807, 2.05) is 13.8 Å². The molecule has 0 saturated carbocycles. The van der Waals surface area contributed by atoms with Crippen LogP contribution in [0.2, 0.25) is 0 Å². The summed E-state index contributed by atoms with van der Waals surface area (Å²) >= 11 is 0. The topological polar surface area (TPSA) is 47.3 Å². The molecule has 0 aliphatic heterocycles. The summed E-state index contributed by atoms with van der Waals surface area (Å²) in [5.74, 6) is 0.265. The minimum absolute atomic E-state index is 0.0909.